The van der Waals surface area contributed by atoms with E-state index in [0.29, 0.717) is 5.69 Å². The highest BCUT2D eigenvalue weighted by Crippen LogP contribution is 2.10. The molecule has 7 N–H and O–H groups in total. The van der Waals surface area contributed by atoms with E-state index in [9.17, 15) is 14.4 Å². The standard InChI is InChI=1S/C11H14N4O3/c12-8(5-9(13)16)11(18)15-7-3-1-2-6(4-7)10(14)17/h1-4,8H,5,12H2,(H2,13,16)(H2,14,17)(H,15,18). The Morgan fingerprint density at radius 1 is 1.22 bits per heavy atom. The van der Waals surface area contributed by atoms with Gasteiger partial charge in [0, 0.05) is 11.3 Å². The Morgan fingerprint density at radius 3 is 2.44 bits per heavy atom. The molecule has 0 saturated heterocycles. The van der Waals surface area contributed by atoms with Crippen LogP contribution >= 0.6 is 0 Å². The topological polar surface area (TPSA) is 141 Å². The number of primary amides is 2. The minimum absolute atomic E-state index is 0.249. The van der Waals surface area contributed by atoms with Crippen molar-refractivity contribution in [2.45, 2.75) is 12.5 Å². The normalized spacial score (nSPS) is 11.6. The molecule has 1 aromatic carbocycles. The molecule has 0 heterocycles. The smallest absolute Gasteiger partial charge is 0.248 e. The highest BCUT2D eigenvalue weighted by Gasteiger charge is 2.16. The number of carbonyl (C=O) groups excluding carboxylic acids is 3. The number of benzene rings is 1. The first kappa shape index (κ1) is 13.7. The first-order valence-electron chi connectivity index (χ1n) is 5.14. The number of hydrogen-bond acceptors (Lipinski definition) is 4. The van der Waals surface area contributed by atoms with Crippen molar-refractivity contribution >= 4 is 23.4 Å². The van der Waals surface area contributed by atoms with Crippen LogP contribution in [0, 0.1) is 0 Å². The van der Waals surface area contributed by atoms with E-state index >= 15 is 0 Å². The van der Waals surface area contributed by atoms with E-state index in [4.69, 9.17) is 17.2 Å². The van der Waals surface area contributed by atoms with Crippen molar-refractivity contribution in [3.8, 4) is 0 Å². The van der Waals surface area contributed by atoms with Crippen molar-refractivity contribution in [1.29, 1.82) is 0 Å². The predicted molar refractivity (Wildman–Crippen MR) is 65.4 cm³/mol. The molecular formula is C11H14N4O3. The van der Waals surface area contributed by atoms with Gasteiger partial charge in [0.1, 0.15) is 0 Å². The molecule has 7 nitrogen and oxygen atoms in total. The molecule has 0 aromatic heterocycles. The van der Waals surface area contributed by atoms with Crippen LogP contribution in [0.25, 0.3) is 0 Å². The van der Waals surface area contributed by atoms with Gasteiger partial charge in [0.15, 0.2) is 0 Å². The third-order valence-electron chi connectivity index (χ3n) is 2.17. The third-order valence-corrected chi connectivity index (χ3v) is 2.17. The summed E-state index contributed by atoms with van der Waals surface area (Å²) in [6.45, 7) is 0. The van der Waals surface area contributed by atoms with Crippen molar-refractivity contribution in [2.75, 3.05) is 5.32 Å². The maximum atomic E-state index is 11.6. The van der Waals surface area contributed by atoms with Crippen molar-refractivity contribution in [3.63, 3.8) is 0 Å². The molecule has 1 rings (SSSR count). The fourth-order valence-electron chi connectivity index (χ4n) is 1.29. The Labute approximate surface area is 103 Å². The van der Waals surface area contributed by atoms with Gasteiger partial charge in [-0.3, -0.25) is 14.4 Å². The van der Waals surface area contributed by atoms with E-state index in [0.717, 1.165) is 0 Å². The lowest BCUT2D eigenvalue weighted by Gasteiger charge is -2.10. The Hall–Kier alpha value is -2.41. The Bertz CT molecular complexity index is 487. The summed E-state index contributed by atoms with van der Waals surface area (Å²) in [4.78, 5) is 33.1. The molecule has 96 valence electrons. The van der Waals surface area contributed by atoms with Crippen LogP contribution in [-0.2, 0) is 9.59 Å². The molecule has 1 unspecified atom stereocenters. The van der Waals surface area contributed by atoms with E-state index in [1.54, 1.807) is 12.1 Å². The van der Waals surface area contributed by atoms with E-state index in [-0.39, 0.29) is 12.0 Å². The van der Waals surface area contributed by atoms with E-state index in [1.807, 2.05) is 0 Å². The molecular weight excluding hydrogens is 236 g/mol. The van der Waals surface area contributed by atoms with Gasteiger partial charge >= 0.3 is 0 Å². The zero-order chi connectivity index (χ0) is 13.7. The van der Waals surface area contributed by atoms with Crippen molar-refractivity contribution in [2.24, 2.45) is 17.2 Å². The summed E-state index contributed by atoms with van der Waals surface area (Å²) in [6.07, 6.45) is -0.249. The van der Waals surface area contributed by atoms with Crippen molar-refractivity contribution in [3.05, 3.63) is 29.8 Å². The van der Waals surface area contributed by atoms with Gasteiger partial charge in [0.25, 0.3) is 0 Å². The van der Waals surface area contributed by atoms with Gasteiger partial charge in [-0.25, -0.2) is 0 Å². The van der Waals surface area contributed by atoms with Gasteiger partial charge in [-0.15, -0.1) is 0 Å². The van der Waals surface area contributed by atoms with Crippen LogP contribution in [0.1, 0.15) is 16.8 Å². The first-order chi connectivity index (χ1) is 8.40. The quantitative estimate of drug-likeness (QED) is 0.527. The molecule has 7 heteroatoms. The third kappa shape index (κ3) is 3.87. The molecule has 0 aliphatic carbocycles. The lowest BCUT2D eigenvalue weighted by molar-refractivity contribution is -0.123. The van der Waals surface area contributed by atoms with Crippen LogP contribution in [0.3, 0.4) is 0 Å². The molecule has 18 heavy (non-hydrogen) atoms. The Balaban J connectivity index is 2.72. The Kier molecular flexibility index (Phi) is 4.39. The summed E-state index contributed by atoms with van der Waals surface area (Å²) in [5.41, 5.74) is 16.1. The van der Waals surface area contributed by atoms with Gasteiger partial charge in [-0.1, -0.05) is 6.07 Å². The molecule has 0 fully saturated rings. The zero-order valence-corrected chi connectivity index (χ0v) is 9.55. The van der Waals surface area contributed by atoms with E-state index in [1.165, 1.54) is 12.1 Å². The SMILES string of the molecule is NC(=O)CC(N)C(=O)Nc1cccc(C(N)=O)c1. The summed E-state index contributed by atoms with van der Waals surface area (Å²) < 4.78 is 0. The second-order valence-electron chi connectivity index (χ2n) is 3.71. The van der Waals surface area contributed by atoms with Crippen LogP contribution in [0.5, 0.6) is 0 Å². The molecule has 1 aromatic rings. The largest absolute Gasteiger partial charge is 0.370 e. The maximum absolute atomic E-state index is 11.6. The molecule has 3 amide bonds. The van der Waals surface area contributed by atoms with E-state index < -0.39 is 23.8 Å². The van der Waals surface area contributed by atoms with Crippen molar-refractivity contribution < 1.29 is 14.4 Å². The molecule has 0 bridgehead atoms. The second-order valence-corrected chi connectivity index (χ2v) is 3.71. The van der Waals surface area contributed by atoms with Gasteiger partial charge in [0.05, 0.1) is 12.5 Å². The summed E-state index contributed by atoms with van der Waals surface area (Å²) in [5.74, 6) is -1.83. The van der Waals surface area contributed by atoms with Crippen LogP contribution in [-0.4, -0.2) is 23.8 Å². The number of amides is 3. The van der Waals surface area contributed by atoms with Crippen LogP contribution in [0.4, 0.5) is 5.69 Å². The lowest BCUT2D eigenvalue weighted by atomic mass is 10.1. The fraction of sp³-hybridized carbons (Fsp3) is 0.182. The number of nitrogens with one attached hydrogen (secondary N) is 1. The molecule has 1 atom stereocenters. The summed E-state index contributed by atoms with van der Waals surface area (Å²) >= 11 is 0. The average molecular weight is 250 g/mol. The maximum Gasteiger partial charge on any atom is 0.248 e. The van der Waals surface area contributed by atoms with Crippen LogP contribution in [0.2, 0.25) is 0 Å². The fourth-order valence-corrected chi connectivity index (χ4v) is 1.29. The highest BCUT2D eigenvalue weighted by molar-refractivity contribution is 5.99. The zero-order valence-electron chi connectivity index (χ0n) is 9.55. The molecule has 0 aliphatic rings. The minimum Gasteiger partial charge on any atom is -0.370 e. The van der Waals surface area contributed by atoms with Gasteiger partial charge in [0.2, 0.25) is 17.7 Å². The number of nitrogens with two attached hydrogens (primary N) is 3. The number of carbonyl (C=O) groups is 3. The lowest BCUT2D eigenvalue weighted by Crippen LogP contribution is -2.39. The highest BCUT2D eigenvalue weighted by atomic mass is 16.2. The molecule has 0 radical (unpaired) electrons. The Morgan fingerprint density at radius 2 is 1.89 bits per heavy atom. The predicted octanol–water partition coefficient (Wildman–Crippen LogP) is -1.07. The van der Waals surface area contributed by atoms with Crippen LogP contribution < -0.4 is 22.5 Å². The van der Waals surface area contributed by atoms with Crippen LogP contribution in [0.15, 0.2) is 24.3 Å². The molecule has 0 spiro atoms. The number of anilines is 1. The summed E-state index contributed by atoms with van der Waals surface area (Å²) in [5, 5.41) is 2.46. The van der Waals surface area contributed by atoms with Gasteiger partial charge < -0.3 is 22.5 Å². The monoisotopic (exact) mass is 250 g/mol. The minimum atomic E-state index is -1.03. The van der Waals surface area contributed by atoms with Gasteiger partial charge in [-0.05, 0) is 18.2 Å². The van der Waals surface area contributed by atoms with E-state index in [2.05, 4.69) is 5.32 Å². The molecule has 0 saturated carbocycles. The van der Waals surface area contributed by atoms with Gasteiger partial charge in [-0.2, -0.15) is 0 Å². The first-order valence-corrected chi connectivity index (χ1v) is 5.14. The number of rotatable bonds is 5. The average Bonchev–Trinajstić information content (AvgIpc) is 2.28. The second kappa shape index (κ2) is 5.78. The number of hydrogen-bond donors (Lipinski definition) is 4. The summed E-state index contributed by atoms with van der Waals surface area (Å²) in [7, 11) is 0. The van der Waals surface area contributed by atoms with Crippen molar-refractivity contribution in [1.82, 2.24) is 0 Å². The summed E-state index contributed by atoms with van der Waals surface area (Å²) in [6, 6.07) is 5.04. The molecule has 0 aliphatic heterocycles.